The number of halogens is 1. The molecular weight excluding hydrogens is 372 g/mol. The van der Waals surface area contributed by atoms with Crippen LogP contribution in [0.15, 0.2) is 42.5 Å². The van der Waals surface area contributed by atoms with Crippen molar-refractivity contribution < 1.29 is 23.9 Å². The van der Waals surface area contributed by atoms with Crippen LogP contribution in [0, 0.1) is 0 Å². The van der Waals surface area contributed by atoms with Gasteiger partial charge in [0.05, 0.1) is 24.0 Å². The molecule has 1 N–H and O–H groups in total. The molecule has 0 aromatic heterocycles. The zero-order valence-electron chi connectivity index (χ0n) is 14.7. The van der Waals surface area contributed by atoms with Gasteiger partial charge in [-0.15, -0.1) is 0 Å². The van der Waals surface area contributed by atoms with Gasteiger partial charge in [0.15, 0.2) is 6.10 Å². The highest BCUT2D eigenvalue weighted by atomic mass is 35.5. The molecule has 0 bridgehead atoms. The second-order valence-electron chi connectivity index (χ2n) is 5.88. The number of nitrogens with zero attached hydrogens (tertiary/aromatic N) is 1. The number of benzene rings is 2. The molecule has 0 fully saturated rings. The maximum absolute atomic E-state index is 12.6. The van der Waals surface area contributed by atoms with Crippen molar-refractivity contribution in [1.29, 1.82) is 0 Å². The van der Waals surface area contributed by atoms with Crippen molar-refractivity contribution in [2.45, 2.75) is 13.0 Å². The van der Waals surface area contributed by atoms with Crippen LogP contribution in [-0.2, 0) is 14.3 Å². The third kappa shape index (κ3) is 3.88. The third-order valence-electron chi connectivity index (χ3n) is 4.04. The van der Waals surface area contributed by atoms with Gasteiger partial charge in [-0.25, -0.2) is 4.79 Å². The second kappa shape index (κ2) is 7.67. The number of nitrogens with one attached hydrogen (secondary N) is 1. The first kappa shape index (κ1) is 18.7. The summed E-state index contributed by atoms with van der Waals surface area (Å²) in [4.78, 5) is 38.2. The van der Waals surface area contributed by atoms with Crippen LogP contribution in [0.25, 0.3) is 0 Å². The van der Waals surface area contributed by atoms with E-state index in [9.17, 15) is 14.4 Å². The number of carbonyl (C=O) groups excluding carboxylic acids is 3. The summed E-state index contributed by atoms with van der Waals surface area (Å²) in [6.07, 6.45) is -0.728. The monoisotopic (exact) mass is 388 g/mol. The minimum atomic E-state index is -0.728. The zero-order chi connectivity index (χ0) is 19.6. The molecule has 3 rings (SSSR count). The van der Waals surface area contributed by atoms with E-state index in [0.717, 1.165) is 0 Å². The van der Waals surface area contributed by atoms with Crippen molar-refractivity contribution in [2.75, 3.05) is 23.9 Å². The van der Waals surface area contributed by atoms with E-state index in [0.29, 0.717) is 22.1 Å². The van der Waals surface area contributed by atoms with Gasteiger partial charge in [0.25, 0.3) is 5.91 Å². The molecule has 0 aliphatic carbocycles. The fourth-order valence-electron chi connectivity index (χ4n) is 2.76. The Morgan fingerprint density at radius 3 is 2.74 bits per heavy atom. The first-order valence-corrected chi connectivity index (χ1v) is 8.53. The summed E-state index contributed by atoms with van der Waals surface area (Å²) < 4.78 is 10.3. The van der Waals surface area contributed by atoms with E-state index in [1.54, 1.807) is 49.4 Å². The fraction of sp³-hybridized carbons (Fsp3) is 0.211. The molecule has 0 saturated heterocycles. The number of esters is 1. The largest absolute Gasteiger partial charge is 0.479 e. The average molecular weight is 389 g/mol. The zero-order valence-corrected chi connectivity index (χ0v) is 15.4. The summed E-state index contributed by atoms with van der Waals surface area (Å²) in [5.74, 6) is -0.936. The van der Waals surface area contributed by atoms with E-state index < -0.39 is 18.0 Å². The van der Waals surface area contributed by atoms with E-state index in [1.807, 2.05) is 0 Å². The van der Waals surface area contributed by atoms with Crippen molar-refractivity contribution in [1.82, 2.24) is 0 Å². The molecule has 7 nitrogen and oxygen atoms in total. The Kier molecular flexibility index (Phi) is 5.32. The van der Waals surface area contributed by atoms with E-state index in [1.165, 1.54) is 12.0 Å². The van der Waals surface area contributed by atoms with Gasteiger partial charge in [0.1, 0.15) is 12.3 Å². The molecule has 0 radical (unpaired) electrons. The van der Waals surface area contributed by atoms with Gasteiger partial charge in [-0.05, 0) is 37.3 Å². The summed E-state index contributed by atoms with van der Waals surface area (Å²) in [5.41, 5.74) is 0.940. The van der Waals surface area contributed by atoms with Crippen molar-refractivity contribution in [2.24, 2.45) is 0 Å². The van der Waals surface area contributed by atoms with Crippen LogP contribution < -0.4 is 15.0 Å². The molecule has 1 aliphatic rings. The lowest BCUT2D eigenvalue weighted by atomic mass is 10.1. The summed E-state index contributed by atoms with van der Waals surface area (Å²) >= 11 is 6.02. The number of methoxy groups -OCH3 is 1. The van der Waals surface area contributed by atoms with Crippen LogP contribution in [0.5, 0.6) is 5.75 Å². The van der Waals surface area contributed by atoms with E-state index >= 15 is 0 Å². The van der Waals surface area contributed by atoms with Crippen molar-refractivity contribution in [3.63, 3.8) is 0 Å². The van der Waals surface area contributed by atoms with Crippen LogP contribution in [0.1, 0.15) is 17.3 Å². The van der Waals surface area contributed by atoms with Crippen molar-refractivity contribution in [3.8, 4) is 5.75 Å². The lowest BCUT2D eigenvalue weighted by Gasteiger charge is -2.32. The SMILES string of the molecule is COC(=O)c1ccccc1NC(=O)CN1C(=O)C(C)Oc2ccc(Cl)cc21. The lowest BCUT2D eigenvalue weighted by Crippen LogP contribution is -2.47. The van der Waals surface area contributed by atoms with Gasteiger partial charge in [-0.3, -0.25) is 14.5 Å². The van der Waals surface area contributed by atoms with Gasteiger partial charge in [0, 0.05) is 5.02 Å². The molecule has 27 heavy (non-hydrogen) atoms. The number of anilines is 2. The average Bonchev–Trinajstić information content (AvgIpc) is 2.66. The van der Waals surface area contributed by atoms with Gasteiger partial charge in [-0.1, -0.05) is 23.7 Å². The summed E-state index contributed by atoms with van der Waals surface area (Å²) in [6, 6.07) is 11.3. The van der Waals surface area contributed by atoms with Gasteiger partial charge in [0.2, 0.25) is 5.91 Å². The quantitative estimate of drug-likeness (QED) is 0.814. The summed E-state index contributed by atoms with van der Waals surface area (Å²) in [7, 11) is 1.26. The number of rotatable bonds is 4. The molecule has 1 unspecified atom stereocenters. The van der Waals surface area contributed by atoms with E-state index in [-0.39, 0.29) is 18.0 Å². The second-order valence-corrected chi connectivity index (χ2v) is 6.32. The maximum atomic E-state index is 12.6. The maximum Gasteiger partial charge on any atom is 0.339 e. The predicted molar refractivity (Wildman–Crippen MR) is 100 cm³/mol. The number of hydrogen-bond donors (Lipinski definition) is 1. The Bertz CT molecular complexity index is 915. The molecular formula is C19H17ClN2O5. The highest BCUT2D eigenvalue weighted by Gasteiger charge is 2.33. The van der Waals surface area contributed by atoms with Crippen molar-refractivity contribution in [3.05, 3.63) is 53.1 Å². The van der Waals surface area contributed by atoms with Gasteiger partial charge in [-0.2, -0.15) is 0 Å². The number of ether oxygens (including phenoxy) is 2. The van der Waals surface area contributed by atoms with Crippen LogP contribution in [-0.4, -0.2) is 37.5 Å². The molecule has 1 atom stereocenters. The molecule has 1 heterocycles. The molecule has 0 spiro atoms. The normalized spacial score (nSPS) is 15.6. The Hall–Kier alpha value is -3.06. The van der Waals surface area contributed by atoms with Gasteiger partial charge >= 0.3 is 5.97 Å². The number of amides is 2. The summed E-state index contributed by atoms with van der Waals surface area (Å²) in [5, 5.41) is 3.06. The van der Waals surface area contributed by atoms with Crippen LogP contribution in [0.4, 0.5) is 11.4 Å². The standard InChI is InChI=1S/C19H17ClN2O5/c1-11-18(24)22(15-9-12(20)7-8-16(15)27-11)10-17(23)21-14-6-4-3-5-13(14)19(25)26-2/h3-9,11H,10H2,1-2H3,(H,21,23). The summed E-state index contributed by atoms with van der Waals surface area (Å²) in [6.45, 7) is 1.35. The smallest absolute Gasteiger partial charge is 0.339 e. The molecule has 2 amide bonds. The van der Waals surface area contributed by atoms with Crippen LogP contribution >= 0.6 is 11.6 Å². The molecule has 2 aromatic rings. The highest BCUT2D eigenvalue weighted by molar-refractivity contribution is 6.31. The molecule has 0 saturated carbocycles. The van der Waals surface area contributed by atoms with Crippen LogP contribution in [0.2, 0.25) is 5.02 Å². The fourth-order valence-corrected chi connectivity index (χ4v) is 2.92. The molecule has 1 aliphatic heterocycles. The van der Waals surface area contributed by atoms with Crippen LogP contribution in [0.3, 0.4) is 0 Å². The Balaban J connectivity index is 1.84. The highest BCUT2D eigenvalue weighted by Crippen LogP contribution is 2.36. The van der Waals surface area contributed by atoms with Gasteiger partial charge < -0.3 is 14.8 Å². The number of fused-ring (bicyclic) bond motifs is 1. The number of hydrogen-bond acceptors (Lipinski definition) is 5. The molecule has 8 heteroatoms. The third-order valence-corrected chi connectivity index (χ3v) is 4.27. The Morgan fingerprint density at radius 2 is 2.00 bits per heavy atom. The number of para-hydroxylation sites is 1. The minimum absolute atomic E-state index is 0.221. The van der Waals surface area contributed by atoms with Crippen molar-refractivity contribution >= 4 is 40.8 Å². The molecule has 2 aromatic carbocycles. The Morgan fingerprint density at radius 1 is 1.26 bits per heavy atom. The molecule has 140 valence electrons. The van der Waals surface area contributed by atoms with E-state index in [4.69, 9.17) is 21.1 Å². The topological polar surface area (TPSA) is 84.9 Å². The predicted octanol–water partition coefficient (Wildman–Crippen LogP) is 2.88. The Labute approximate surface area is 160 Å². The minimum Gasteiger partial charge on any atom is -0.479 e. The first-order valence-electron chi connectivity index (χ1n) is 8.15. The lowest BCUT2D eigenvalue weighted by molar-refractivity contribution is -0.127. The van der Waals surface area contributed by atoms with E-state index in [2.05, 4.69) is 5.32 Å². The first-order chi connectivity index (χ1) is 12.9. The number of carbonyl (C=O) groups is 3.